The molecule has 70 valence electrons. The van der Waals surface area contributed by atoms with Crippen LogP contribution in [0.2, 0.25) is 10.0 Å². The highest BCUT2D eigenvalue weighted by atomic mass is 35.5. The van der Waals surface area contributed by atoms with Gasteiger partial charge in [-0.3, -0.25) is 0 Å². The minimum absolute atomic E-state index is 0.228. The summed E-state index contributed by atoms with van der Waals surface area (Å²) in [6.45, 7) is 0.228. The van der Waals surface area contributed by atoms with Crippen LogP contribution in [0.25, 0.3) is 0 Å². The Morgan fingerprint density at radius 1 is 1.38 bits per heavy atom. The summed E-state index contributed by atoms with van der Waals surface area (Å²) < 4.78 is 0. The van der Waals surface area contributed by atoms with Crippen molar-refractivity contribution >= 4 is 29.3 Å². The second-order valence-electron chi connectivity index (χ2n) is 2.41. The van der Waals surface area contributed by atoms with E-state index in [2.05, 4.69) is 5.32 Å². The van der Waals surface area contributed by atoms with Crippen LogP contribution in [0.5, 0.6) is 0 Å². The van der Waals surface area contributed by atoms with Gasteiger partial charge in [-0.25, -0.2) is 4.79 Å². The van der Waals surface area contributed by atoms with Gasteiger partial charge in [0.05, 0.1) is 10.0 Å². The molecule has 0 fully saturated rings. The van der Waals surface area contributed by atoms with Gasteiger partial charge < -0.3 is 10.4 Å². The van der Waals surface area contributed by atoms with E-state index in [1.807, 2.05) is 0 Å². The molecule has 0 bridgehead atoms. The van der Waals surface area contributed by atoms with E-state index in [0.717, 1.165) is 5.56 Å². The van der Waals surface area contributed by atoms with Crippen molar-refractivity contribution in [2.75, 3.05) is 0 Å². The van der Waals surface area contributed by atoms with Crippen LogP contribution in [0.3, 0.4) is 0 Å². The fourth-order valence-electron chi connectivity index (χ4n) is 0.827. The normalized spacial score (nSPS) is 9.69. The summed E-state index contributed by atoms with van der Waals surface area (Å²) in [5.41, 5.74) is 0.775. The molecular formula is C8H7Cl2NO2. The van der Waals surface area contributed by atoms with Gasteiger partial charge in [-0.05, 0) is 17.7 Å². The maximum atomic E-state index is 10.2. The topological polar surface area (TPSA) is 49.3 Å². The SMILES string of the molecule is O=C(O)NCc1ccc(Cl)c(Cl)c1. The molecule has 0 aromatic heterocycles. The Kier molecular flexibility index (Phi) is 3.39. The molecule has 0 saturated heterocycles. The van der Waals surface area contributed by atoms with Crippen LogP contribution < -0.4 is 5.32 Å². The zero-order valence-electron chi connectivity index (χ0n) is 6.55. The molecule has 0 saturated carbocycles. The maximum Gasteiger partial charge on any atom is 0.404 e. The molecule has 0 aliphatic heterocycles. The number of amides is 1. The third-order valence-corrected chi connectivity index (χ3v) is 2.17. The quantitative estimate of drug-likeness (QED) is 0.804. The van der Waals surface area contributed by atoms with Gasteiger partial charge in [-0.15, -0.1) is 0 Å². The van der Waals surface area contributed by atoms with E-state index >= 15 is 0 Å². The van der Waals surface area contributed by atoms with E-state index in [4.69, 9.17) is 28.3 Å². The Balaban J connectivity index is 2.68. The number of hydrogen-bond donors (Lipinski definition) is 2. The standard InChI is InChI=1S/C8H7Cl2NO2/c9-6-2-1-5(3-7(6)10)4-11-8(12)13/h1-3,11H,4H2,(H,12,13). The van der Waals surface area contributed by atoms with Crippen molar-refractivity contribution in [3.8, 4) is 0 Å². The number of carbonyl (C=O) groups is 1. The van der Waals surface area contributed by atoms with Crippen molar-refractivity contribution in [2.45, 2.75) is 6.54 Å². The van der Waals surface area contributed by atoms with Gasteiger partial charge in [0.2, 0.25) is 0 Å². The predicted molar refractivity (Wildman–Crippen MR) is 51.3 cm³/mol. The Labute approximate surface area is 85.3 Å². The smallest absolute Gasteiger partial charge is 0.404 e. The minimum Gasteiger partial charge on any atom is -0.465 e. The van der Waals surface area contributed by atoms with Crippen LogP contribution in [0.1, 0.15) is 5.56 Å². The molecule has 0 aliphatic carbocycles. The van der Waals surface area contributed by atoms with E-state index in [0.29, 0.717) is 10.0 Å². The first-order valence-corrected chi connectivity index (χ1v) is 4.26. The molecule has 0 heterocycles. The third kappa shape index (κ3) is 3.13. The Hall–Kier alpha value is -0.930. The van der Waals surface area contributed by atoms with Crippen molar-refractivity contribution in [2.24, 2.45) is 0 Å². The summed E-state index contributed by atoms with van der Waals surface area (Å²) >= 11 is 11.4. The number of rotatable bonds is 2. The first-order chi connectivity index (χ1) is 6.09. The highest BCUT2D eigenvalue weighted by Gasteiger charge is 2.00. The Bertz CT molecular complexity index is 328. The first kappa shape index (κ1) is 10.2. The van der Waals surface area contributed by atoms with Gasteiger partial charge in [0.15, 0.2) is 0 Å². The maximum absolute atomic E-state index is 10.2. The Morgan fingerprint density at radius 3 is 2.62 bits per heavy atom. The summed E-state index contributed by atoms with van der Waals surface area (Å²) in [4.78, 5) is 10.2. The predicted octanol–water partition coefficient (Wildman–Crippen LogP) is 2.76. The molecule has 0 radical (unpaired) electrons. The number of carboxylic acid groups (broad SMARTS) is 1. The summed E-state index contributed by atoms with van der Waals surface area (Å²) in [7, 11) is 0. The summed E-state index contributed by atoms with van der Waals surface area (Å²) in [5, 5.41) is 11.4. The van der Waals surface area contributed by atoms with Crippen molar-refractivity contribution in [1.29, 1.82) is 0 Å². The second-order valence-corrected chi connectivity index (χ2v) is 3.22. The van der Waals surface area contributed by atoms with Crippen LogP contribution in [-0.4, -0.2) is 11.2 Å². The molecule has 1 aromatic rings. The van der Waals surface area contributed by atoms with Crippen LogP contribution in [0.4, 0.5) is 4.79 Å². The molecule has 5 heteroatoms. The monoisotopic (exact) mass is 219 g/mol. The fraction of sp³-hybridized carbons (Fsp3) is 0.125. The molecule has 1 aromatic carbocycles. The highest BCUT2D eigenvalue weighted by molar-refractivity contribution is 6.42. The van der Waals surface area contributed by atoms with E-state index in [1.165, 1.54) is 0 Å². The zero-order valence-corrected chi connectivity index (χ0v) is 8.06. The minimum atomic E-state index is -1.06. The fourth-order valence-corrected chi connectivity index (χ4v) is 1.15. The lowest BCUT2D eigenvalue weighted by molar-refractivity contribution is 0.194. The van der Waals surface area contributed by atoms with Crippen LogP contribution in [0, 0.1) is 0 Å². The average molecular weight is 220 g/mol. The number of benzene rings is 1. The van der Waals surface area contributed by atoms with Gasteiger partial charge in [0.25, 0.3) is 0 Å². The first-order valence-electron chi connectivity index (χ1n) is 3.50. The largest absolute Gasteiger partial charge is 0.465 e. The van der Waals surface area contributed by atoms with Crippen LogP contribution in [0.15, 0.2) is 18.2 Å². The summed E-state index contributed by atoms with van der Waals surface area (Å²) in [6.07, 6.45) is -1.06. The summed E-state index contributed by atoms with van der Waals surface area (Å²) in [5.74, 6) is 0. The van der Waals surface area contributed by atoms with Gasteiger partial charge in [0, 0.05) is 6.54 Å². The molecular weight excluding hydrogens is 213 g/mol. The highest BCUT2D eigenvalue weighted by Crippen LogP contribution is 2.22. The summed E-state index contributed by atoms with van der Waals surface area (Å²) in [6, 6.07) is 4.97. The van der Waals surface area contributed by atoms with E-state index < -0.39 is 6.09 Å². The van der Waals surface area contributed by atoms with Gasteiger partial charge in [-0.1, -0.05) is 29.3 Å². The molecule has 0 unspecified atom stereocenters. The lowest BCUT2D eigenvalue weighted by Gasteiger charge is -2.02. The number of halogens is 2. The lowest BCUT2D eigenvalue weighted by Crippen LogP contribution is -2.19. The molecule has 13 heavy (non-hydrogen) atoms. The van der Waals surface area contributed by atoms with Gasteiger partial charge in [-0.2, -0.15) is 0 Å². The van der Waals surface area contributed by atoms with E-state index in [-0.39, 0.29) is 6.54 Å². The molecule has 2 N–H and O–H groups in total. The molecule has 0 spiro atoms. The molecule has 0 aliphatic rings. The lowest BCUT2D eigenvalue weighted by atomic mass is 10.2. The number of nitrogens with one attached hydrogen (secondary N) is 1. The van der Waals surface area contributed by atoms with Gasteiger partial charge >= 0.3 is 6.09 Å². The average Bonchev–Trinajstić information content (AvgIpc) is 2.07. The van der Waals surface area contributed by atoms with Gasteiger partial charge in [0.1, 0.15) is 0 Å². The molecule has 1 amide bonds. The van der Waals surface area contributed by atoms with Crippen molar-refractivity contribution in [3.63, 3.8) is 0 Å². The van der Waals surface area contributed by atoms with E-state index in [9.17, 15) is 4.79 Å². The zero-order chi connectivity index (χ0) is 9.84. The van der Waals surface area contributed by atoms with Crippen molar-refractivity contribution in [1.82, 2.24) is 5.32 Å². The van der Waals surface area contributed by atoms with Crippen LogP contribution in [-0.2, 0) is 6.54 Å². The van der Waals surface area contributed by atoms with Crippen molar-refractivity contribution < 1.29 is 9.90 Å². The number of hydrogen-bond acceptors (Lipinski definition) is 1. The van der Waals surface area contributed by atoms with E-state index in [1.54, 1.807) is 18.2 Å². The molecule has 0 atom stereocenters. The third-order valence-electron chi connectivity index (χ3n) is 1.43. The van der Waals surface area contributed by atoms with Crippen LogP contribution >= 0.6 is 23.2 Å². The molecule has 1 rings (SSSR count). The molecule has 3 nitrogen and oxygen atoms in total. The second kappa shape index (κ2) is 4.35. The van der Waals surface area contributed by atoms with Crippen molar-refractivity contribution in [3.05, 3.63) is 33.8 Å². The Morgan fingerprint density at radius 2 is 2.08 bits per heavy atom.